The van der Waals surface area contributed by atoms with Gasteiger partial charge in [-0.05, 0) is 36.5 Å². The van der Waals surface area contributed by atoms with Gasteiger partial charge in [0.1, 0.15) is 11.0 Å². The van der Waals surface area contributed by atoms with Gasteiger partial charge >= 0.3 is 0 Å². The Labute approximate surface area is 159 Å². The summed E-state index contributed by atoms with van der Waals surface area (Å²) in [5.41, 5.74) is 0.979. The average Bonchev–Trinajstić information content (AvgIpc) is 3.41. The largest absolute Gasteiger partial charge is 0.470 e. The first kappa shape index (κ1) is 17.2. The highest BCUT2D eigenvalue weighted by molar-refractivity contribution is 7.89. The molecule has 0 bridgehead atoms. The summed E-state index contributed by atoms with van der Waals surface area (Å²) in [6, 6.07) is 12.8. The molecule has 2 aliphatic heterocycles. The molecular formula is C20H23N3O3S. The molecule has 3 aliphatic rings. The Morgan fingerprint density at radius 1 is 1.07 bits per heavy atom. The maximum Gasteiger partial charge on any atom is 0.249 e. The maximum absolute atomic E-state index is 13.5. The third-order valence-electron chi connectivity index (χ3n) is 5.66. The second-order valence-corrected chi connectivity index (χ2v) is 9.59. The number of nitrogens with zero attached hydrogens (tertiary/aromatic N) is 3. The number of ether oxygens (including phenoxy) is 1. The molecule has 2 fully saturated rings. The van der Waals surface area contributed by atoms with Crippen molar-refractivity contribution in [2.24, 2.45) is 5.92 Å². The predicted molar refractivity (Wildman–Crippen MR) is 101 cm³/mol. The van der Waals surface area contributed by atoms with Crippen molar-refractivity contribution in [3.8, 4) is 5.88 Å². The van der Waals surface area contributed by atoms with Gasteiger partial charge in [-0.3, -0.25) is 4.90 Å². The fourth-order valence-corrected chi connectivity index (χ4v) is 5.82. The van der Waals surface area contributed by atoms with Gasteiger partial charge in [-0.15, -0.1) is 0 Å². The van der Waals surface area contributed by atoms with E-state index in [1.807, 2.05) is 30.3 Å². The number of benzene rings is 1. The van der Waals surface area contributed by atoms with Crippen LogP contribution in [0.5, 0.6) is 5.88 Å². The predicted octanol–water partition coefficient (Wildman–Crippen LogP) is 2.13. The van der Waals surface area contributed by atoms with Crippen LogP contribution in [0.3, 0.4) is 0 Å². The Balaban J connectivity index is 1.53. The van der Waals surface area contributed by atoms with E-state index in [-0.39, 0.29) is 22.9 Å². The molecule has 1 aliphatic carbocycles. The highest BCUT2D eigenvalue weighted by atomic mass is 32.2. The lowest BCUT2D eigenvalue weighted by Gasteiger charge is -2.28. The lowest BCUT2D eigenvalue weighted by Crippen LogP contribution is -2.46. The summed E-state index contributed by atoms with van der Waals surface area (Å²) in [6.45, 7) is 2.84. The third-order valence-corrected chi connectivity index (χ3v) is 7.55. The van der Waals surface area contributed by atoms with Gasteiger partial charge in [-0.25, -0.2) is 13.4 Å². The van der Waals surface area contributed by atoms with Crippen LogP contribution in [0.1, 0.15) is 18.4 Å². The highest BCUT2D eigenvalue weighted by Crippen LogP contribution is 2.37. The molecule has 0 N–H and O–H groups in total. The molecule has 2 aromatic rings. The van der Waals surface area contributed by atoms with Gasteiger partial charge in [-0.2, -0.15) is 4.31 Å². The smallest absolute Gasteiger partial charge is 0.249 e. The van der Waals surface area contributed by atoms with Crippen LogP contribution in [0, 0.1) is 5.92 Å². The quantitative estimate of drug-likeness (QED) is 0.807. The molecule has 2 atom stereocenters. The number of aromatic nitrogens is 1. The van der Waals surface area contributed by atoms with Crippen molar-refractivity contribution in [2.45, 2.75) is 36.4 Å². The molecule has 1 saturated carbocycles. The van der Waals surface area contributed by atoms with Crippen LogP contribution in [0.15, 0.2) is 53.6 Å². The van der Waals surface area contributed by atoms with Gasteiger partial charge in [-0.1, -0.05) is 30.3 Å². The Morgan fingerprint density at radius 2 is 1.89 bits per heavy atom. The van der Waals surface area contributed by atoms with Crippen molar-refractivity contribution in [2.75, 3.05) is 19.6 Å². The summed E-state index contributed by atoms with van der Waals surface area (Å²) in [5.74, 6) is 0.994. The number of fused-ring (bicyclic) bond motifs is 2. The van der Waals surface area contributed by atoms with Crippen LogP contribution in [-0.2, 0) is 16.6 Å². The fourth-order valence-electron chi connectivity index (χ4n) is 4.11. The van der Waals surface area contributed by atoms with Crippen molar-refractivity contribution in [1.82, 2.24) is 14.2 Å². The lowest BCUT2D eigenvalue weighted by molar-refractivity contribution is 0.144. The average molecular weight is 385 g/mol. The molecule has 0 amide bonds. The van der Waals surface area contributed by atoms with Crippen molar-refractivity contribution in [3.63, 3.8) is 0 Å². The number of hydrogen-bond donors (Lipinski definition) is 0. The SMILES string of the molecule is O=S1(=O)c2cccnc2OC2CN(CC3CC3)CC2N1Cc1ccccc1. The Hall–Kier alpha value is -1.96. The van der Waals surface area contributed by atoms with Gasteiger partial charge in [0.25, 0.3) is 0 Å². The second kappa shape index (κ2) is 6.58. The van der Waals surface area contributed by atoms with Crippen molar-refractivity contribution in [3.05, 3.63) is 54.2 Å². The minimum Gasteiger partial charge on any atom is -0.470 e. The number of sulfonamides is 1. The molecule has 27 heavy (non-hydrogen) atoms. The van der Waals surface area contributed by atoms with Gasteiger partial charge in [0.2, 0.25) is 15.9 Å². The summed E-state index contributed by atoms with van der Waals surface area (Å²) in [7, 11) is -3.69. The van der Waals surface area contributed by atoms with E-state index >= 15 is 0 Å². The zero-order chi connectivity index (χ0) is 18.4. The Bertz CT molecular complexity index is 930. The number of pyridine rings is 1. The normalized spacial score (nSPS) is 27.4. The van der Waals surface area contributed by atoms with Crippen LogP contribution in [0.2, 0.25) is 0 Å². The highest BCUT2D eigenvalue weighted by Gasteiger charge is 2.48. The first-order valence-corrected chi connectivity index (χ1v) is 10.9. The molecule has 6 nitrogen and oxygen atoms in total. The number of hydrogen-bond acceptors (Lipinski definition) is 5. The van der Waals surface area contributed by atoms with E-state index in [2.05, 4.69) is 9.88 Å². The molecule has 1 aromatic heterocycles. The van der Waals surface area contributed by atoms with Crippen LogP contribution in [-0.4, -0.2) is 54.4 Å². The second-order valence-electron chi connectivity index (χ2n) is 7.73. The van der Waals surface area contributed by atoms with Crippen LogP contribution in [0.4, 0.5) is 0 Å². The summed E-state index contributed by atoms with van der Waals surface area (Å²) < 4.78 is 34.8. The summed E-state index contributed by atoms with van der Waals surface area (Å²) >= 11 is 0. The molecule has 0 radical (unpaired) electrons. The standard InChI is InChI=1S/C20H23N3O3S/c24-27(25)19-7-4-10-21-20(19)26-18-14-22(11-16-8-9-16)13-17(18)23(27)12-15-5-2-1-3-6-15/h1-7,10,16-18H,8-9,11-14H2. The molecule has 1 saturated heterocycles. The molecule has 2 unspecified atom stereocenters. The minimum atomic E-state index is -3.69. The molecule has 142 valence electrons. The molecular weight excluding hydrogens is 362 g/mol. The van der Waals surface area contributed by atoms with E-state index in [9.17, 15) is 8.42 Å². The lowest BCUT2D eigenvalue weighted by atomic mass is 10.1. The van der Waals surface area contributed by atoms with Gasteiger partial charge in [0, 0.05) is 32.4 Å². The maximum atomic E-state index is 13.5. The summed E-state index contributed by atoms with van der Waals surface area (Å²) in [4.78, 5) is 6.75. The molecule has 0 spiro atoms. The molecule has 5 rings (SSSR count). The topological polar surface area (TPSA) is 62.7 Å². The molecule has 3 heterocycles. The number of likely N-dealkylation sites (tertiary alicyclic amines) is 1. The Kier molecular flexibility index (Phi) is 4.18. The minimum absolute atomic E-state index is 0.170. The third kappa shape index (κ3) is 3.24. The van der Waals surface area contributed by atoms with Crippen LogP contribution in [0.25, 0.3) is 0 Å². The zero-order valence-corrected chi connectivity index (χ0v) is 15.9. The fraction of sp³-hybridized carbons (Fsp3) is 0.450. The first-order valence-electron chi connectivity index (χ1n) is 9.51. The summed E-state index contributed by atoms with van der Waals surface area (Å²) in [5, 5.41) is 0. The number of rotatable bonds is 4. The van der Waals surface area contributed by atoms with Gasteiger partial charge in [0.15, 0.2) is 0 Å². The van der Waals surface area contributed by atoms with Crippen molar-refractivity contribution < 1.29 is 13.2 Å². The molecule has 7 heteroatoms. The first-order chi connectivity index (χ1) is 13.1. The zero-order valence-electron chi connectivity index (χ0n) is 15.1. The molecule has 1 aromatic carbocycles. The van der Waals surface area contributed by atoms with Crippen molar-refractivity contribution in [1.29, 1.82) is 0 Å². The van der Waals surface area contributed by atoms with Crippen LogP contribution >= 0.6 is 0 Å². The van der Waals surface area contributed by atoms with E-state index in [0.717, 1.165) is 24.6 Å². The van der Waals surface area contributed by atoms with E-state index in [0.29, 0.717) is 13.1 Å². The van der Waals surface area contributed by atoms with E-state index in [4.69, 9.17) is 4.74 Å². The van der Waals surface area contributed by atoms with E-state index in [1.54, 1.807) is 22.6 Å². The van der Waals surface area contributed by atoms with Crippen LogP contribution < -0.4 is 4.74 Å². The van der Waals surface area contributed by atoms with Crippen molar-refractivity contribution >= 4 is 10.0 Å². The van der Waals surface area contributed by atoms with Gasteiger partial charge in [0.05, 0.1) is 6.04 Å². The van der Waals surface area contributed by atoms with E-state index in [1.165, 1.54) is 12.8 Å². The summed E-state index contributed by atoms with van der Waals surface area (Å²) in [6.07, 6.45) is 3.96. The van der Waals surface area contributed by atoms with Gasteiger partial charge < -0.3 is 4.74 Å². The monoisotopic (exact) mass is 385 g/mol. The Morgan fingerprint density at radius 3 is 2.67 bits per heavy atom. The van der Waals surface area contributed by atoms with E-state index < -0.39 is 10.0 Å².